The van der Waals surface area contributed by atoms with Crippen molar-refractivity contribution in [3.63, 3.8) is 0 Å². The van der Waals surface area contributed by atoms with Crippen LogP contribution in [0.25, 0.3) is 0 Å². The summed E-state index contributed by atoms with van der Waals surface area (Å²) in [7, 11) is 1.99. The van der Waals surface area contributed by atoms with Crippen molar-refractivity contribution >= 4 is 15.9 Å². The summed E-state index contributed by atoms with van der Waals surface area (Å²) < 4.78 is 3.08. The van der Waals surface area contributed by atoms with Crippen molar-refractivity contribution in [1.82, 2.24) is 15.1 Å². The molecule has 4 heteroatoms. The maximum absolute atomic E-state index is 4.38. The minimum Gasteiger partial charge on any atom is -0.308 e. The second kappa shape index (κ2) is 3.59. The van der Waals surface area contributed by atoms with Crippen LogP contribution in [0.4, 0.5) is 0 Å². The first-order valence-electron chi connectivity index (χ1n) is 5.33. The Balaban J connectivity index is 2.00. The molecule has 0 radical (unpaired) electrons. The maximum atomic E-state index is 4.38. The molecule has 1 aromatic heterocycles. The molecule has 0 saturated heterocycles. The Morgan fingerprint density at radius 1 is 1.60 bits per heavy atom. The van der Waals surface area contributed by atoms with E-state index in [-0.39, 0.29) is 0 Å². The number of halogens is 1. The first kappa shape index (κ1) is 11.1. The molecule has 15 heavy (non-hydrogen) atoms. The molecule has 1 saturated carbocycles. The van der Waals surface area contributed by atoms with E-state index in [0.29, 0.717) is 11.5 Å². The van der Waals surface area contributed by atoms with Gasteiger partial charge in [-0.3, -0.25) is 4.68 Å². The highest BCUT2D eigenvalue weighted by Gasteiger charge is 2.45. The van der Waals surface area contributed by atoms with Crippen LogP contribution in [-0.2, 0) is 13.6 Å². The van der Waals surface area contributed by atoms with Gasteiger partial charge in [0.15, 0.2) is 0 Å². The van der Waals surface area contributed by atoms with Crippen molar-refractivity contribution in [2.24, 2.45) is 12.5 Å². The predicted octanol–water partition coefficient (Wildman–Crippen LogP) is 2.38. The molecule has 1 atom stereocenters. The molecule has 0 aliphatic heterocycles. The molecule has 0 aromatic carbocycles. The summed E-state index contributed by atoms with van der Waals surface area (Å²) in [5.41, 5.74) is 2.78. The Hall–Kier alpha value is -0.350. The second-order valence-corrected chi connectivity index (χ2v) is 5.89. The van der Waals surface area contributed by atoms with Gasteiger partial charge in [-0.1, -0.05) is 13.8 Å². The van der Waals surface area contributed by atoms with Crippen molar-refractivity contribution < 1.29 is 0 Å². The van der Waals surface area contributed by atoms with Gasteiger partial charge in [-0.05, 0) is 34.7 Å². The normalized spacial score (nSPS) is 23.1. The van der Waals surface area contributed by atoms with Crippen LogP contribution in [0, 0.1) is 12.3 Å². The van der Waals surface area contributed by atoms with Gasteiger partial charge in [0.25, 0.3) is 0 Å². The minimum absolute atomic E-state index is 0.486. The molecule has 1 aromatic rings. The van der Waals surface area contributed by atoms with E-state index < -0.39 is 0 Å². The van der Waals surface area contributed by atoms with Gasteiger partial charge in [0, 0.05) is 19.6 Å². The summed E-state index contributed by atoms with van der Waals surface area (Å²) >= 11 is 3.58. The summed E-state index contributed by atoms with van der Waals surface area (Å²) in [5.74, 6) is 0. The van der Waals surface area contributed by atoms with Crippen LogP contribution in [0.1, 0.15) is 31.7 Å². The number of aryl methyl sites for hydroxylation is 2. The van der Waals surface area contributed by atoms with E-state index in [1.54, 1.807) is 0 Å². The van der Waals surface area contributed by atoms with E-state index >= 15 is 0 Å². The second-order valence-electron chi connectivity index (χ2n) is 5.10. The summed E-state index contributed by atoms with van der Waals surface area (Å²) in [6.07, 6.45) is 1.28. The SMILES string of the molecule is Cc1nn(C)c(CNC2CC2(C)C)c1Br. The summed E-state index contributed by atoms with van der Waals surface area (Å²) in [4.78, 5) is 0. The molecule has 0 spiro atoms. The van der Waals surface area contributed by atoms with Crippen LogP contribution in [0.5, 0.6) is 0 Å². The third-order valence-electron chi connectivity index (χ3n) is 3.29. The molecule has 0 bridgehead atoms. The molecule has 0 amide bonds. The maximum Gasteiger partial charge on any atom is 0.0739 e. The molecule has 84 valence electrons. The van der Waals surface area contributed by atoms with Crippen LogP contribution in [0.15, 0.2) is 4.47 Å². The fourth-order valence-corrected chi connectivity index (χ4v) is 2.38. The summed E-state index contributed by atoms with van der Waals surface area (Å²) in [5, 5.41) is 7.94. The van der Waals surface area contributed by atoms with E-state index in [9.17, 15) is 0 Å². The van der Waals surface area contributed by atoms with Crippen molar-refractivity contribution in [1.29, 1.82) is 0 Å². The van der Waals surface area contributed by atoms with E-state index in [1.807, 2.05) is 18.7 Å². The van der Waals surface area contributed by atoms with Crippen molar-refractivity contribution in [2.75, 3.05) is 0 Å². The van der Waals surface area contributed by atoms with E-state index in [0.717, 1.165) is 16.7 Å². The van der Waals surface area contributed by atoms with Crippen LogP contribution >= 0.6 is 15.9 Å². The Bertz CT molecular complexity index is 381. The molecule has 1 heterocycles. The van der Waals surface area contributed by atoms with Gasteiger partial charge in [-0.15, -0.1) is 0 Å². The van der Waals surface area contributed by atoms with Crippen LogP contribution in [0.3, 0.4) is 0 Å². The number of rotatable bonds is 3. The largest absolute Gasteiger partial charge is 0.308 e. The average molecular weight is 272 g/mol. The molecule has 1 N–H and O–H groups in total. The molecular formula is C11H18BrN3. The lowest BCUT2D eigenvalue weighted by molar-refractivity contribution is 0.528. The zero-order chi connectivity index (χ0) is 11.2. The monoisotopic (exact) mass is 271 g/mol. The third-order valence-corrected chi connectivity index (χ3v) is 4.32. The molecular weight excluding hydrogens is 254 g/mol. The number of hydrogen-bond donors (Lipinski definition) is 1. The van der Waals surface area contributed by atoms with Gasteiger partial charge >= 0.3 is 0 Å². The standard InChI is InChI=1S/C11H18BrN3/c1-7-10(12)8(15(4)14-7)6-13-9-5-11(9,2)3/h9,13H,5-6H2,1-4H3. The van der Waals surface area contributed by atoms with Crippen LogP contribution < -0.4 is 5.32 Å². The Morgan fingerprint density at radius 3 is 2.60 bits per heavy atom. The van der Waals surface area contributed by atoms with Crippen LogP contribution in [0.2, 0.25) is 0 Å². The van der Waals surface area contributed by atoms with E-state index in [4.69, 9.17) is 0 Å². The number of aromatic nitrogens is 2. The predicted molar refractivity (Wildman–Crippen MR) is 64.7 cm³/mol. The van der Waals surface area contributed by atoms with Crippen molar-refractivity contribution in [3.8, 4) is 0 Å². The first-order valence-corrected chi connectivity index (χ1v) is 6.12. The average Bonchev–Trinajstić information content (AvgIpc) is 2.65. The number of nitrogens with one attached hydrogen (secondary N) is 1. The molecule has 1 aliphatic carbocycles. The highest BCUT2D eigenvalue weighted by Crippen LogP contribution is 2.44. The Kier molecular flexibility index (Phi) is 2.67. The zero-order valence-electron chi connectivity index (χ0n) is 9.76. The smallest absolute Gasteiger partial charge is 0.0739 e. The van der Waals surface area contributed by atoms with Gasteiger partial charge in [0.05, 0.1) is 15.9 Å². The number of hydrogen-bond acceptors (Lipinski definition) is 2. The van der Waals surface area contributed by atoms with Gasteiger partial charge in [-0.2, -0.15) is 5.10 Å². The molecule has 3 nitrogen and oxygen atoms in total. The van der Waals surface area contributed by atoms with Crippen molar-refractivity contribution in [3.05, 3.63) is 15.9 Å². The van der Waals surface area contributed by atoms with Gasteiger partial charge in [0.1, 0.15) is 0 Å². The summed E-state index contributed by atoms with van der Waals surface area (Å²) in [6, 6.07) is 0.666. The lowest BCUT2D eigenvalue weighted by Gasteiger charge is -2.07. The Morgan fingerprint density at radius 2 is 2.20 bits per heavy atom. The first-order chi connectivity index (χ1) is 6.92. The topological polar surface area (TPSA) is 29.9 Å². The molecule has 1 aliphatic rings. The van der Waals surface area contributed by atoms with Gasteiger partial charge < -0.3 is 5.32 Å². The van der Waals surface area contributed by atoms with E-state index in [2.05, 4.69) is 40.2 Å². The van der Waals surface area contributed by atoms with Gasteiger partial charge in [-0.25, -0.2) is 0 Å². The highest BCUT2D eigenvalue weighted by atomic mass is 79.9. The molecule has 1 unspecified atom stereocenters. The minimum atomic E-state index is 0.486. The quantitative estimate of drug-likeness (QED) is 0.915. The fraction of sp³-hybridized carbons (Fsp3) is 0.727. The lowest BCUT2D eigenvalue weighted by Crippen LogP contribution is -2.21. The highest BCUT2D eigenvalue weighted by molar-refractivity contribution is 9.10. The molecule has 2 rings (SSSR count). The van der Waals surface area contributed by atoms with E-state index in [1.165, 1.54) is 12.1 Å². The summed E-state index contributed by atoms with van der Waals surface area (Å²) in [6.45, 7) is 7.52. The van der Waals surface area contributed by atoms with Crippen LogP contribution in [-0.4, -0.2) is 15.8 Å². The molecule has 1 fully saturated rings. The van der Waals surface area contributed by atoms with Crippen molar-refractivity contribution in [2.45, 2.75) is 39.8 Å². The van der Waals surface area contributed by atoms with Gasteiger partial charge in [0.2, 0.25) is 0 Å². The lowest BCUT2D eigenvalue weighted by atomic mass is 10.2. The number of nitrogens with zero attached hydrogens (tertiary/aromatic N) is 2. The Labute approximate surface area is 99.4 Å². The zero-order valence-corrected chi connectivity index (χ0v) is 11.3. The third kappa shape index (κ3) is 2.11. The fourth-order valence-electron chi connectivity index (χ4n) is 1.91.